The van der Waals surface area contributed by atoms with Crippen LogP contribution in [0.1, 0.15) is 11.1 Å². The van der Waals surface area contributed by atoms with Gasteiger partial charge in [-0.15, -0.1) is 0 Å². The van der Waals surface area contributed by atoms with Crippen LogP contribution in [0.3, 0.4) is 0 Å². The normalized spacial score (nSPS) is 15.5. The van der Waals surface area contributed by atoms with E-state index < -0.39 is 5.97 Å². The largest absolute Gasteiger partial charge is 0.497 e. The van der Waals surface area contributed by atoms with E-state index in [4.69, 9.17) is 32.7 Å². The van der Waals surface area contributed by atoms with Crippen molar-refractivity contribution < 1.29 is 14.3 Å². The molecule has 0 unspecified atom stereocenters. The summed E-state index contributed by atoms with van der Waals surface area (Å²) in [5, 5.41) is 1.01. The van der Waals surface area contributed by atoms with Gasteiger partial charge in [-0.05, 0) is 42.0 Å². The number of hydrogen-bond acceptors (Lipinski definition) is 4. The van der Waals surface area contributed by atoms with Crippen LogP contribution in [0.5, 0.6) is 5.75 Å². The van der Waals surface area contributed by atoms with E-state index in [0.717, 1.165) is 5.56 Å². The topological polar surface area (TPSA) is 47.9 Å². The Morgan fingerprint density at radius 1 is 1.13 bits per heavy atom. The summed E-state index contributed by atoms with van der Waals surface area (Å²) >= 11 is 12.0. The zero-order chi connectivity index (χ0) is 16.4. The molecule has 1 heterocycles. The Balaban J connectivity index is 1.93. The van der Waals surface area contributed by atoms with Crippen molar-refractivity contribution in [1.29, 1.82) is 0 Å². The number of hydrogen-bond donors (Lipinski definition) is 0. The molecule has 23 heavy (non-hydrogen) atoms. The van der Waals surface area contributed by atoms with Crippen LogP contribution in [0, 0.1) is 0 Å². The lowest BCUT2D eigenvalue weighted by molar-refractivity contribution is -0.129. The second-order valence-electron chi connectivity index (χ2n) is 4.73. The van der Waals surface area contributed by atoms with E-state index in [9.17, 15) is 4.79 Å². The molecule has 0 amide bonds. The molecule has 116 valence electrons. The molecule has 0 spiro atoms. The zero-order valence-electron chi connectivity index (χ0n) is 12.0. The van der Waals surface area contributed by atoms with Gasteiger partial charge in [-0.3, -0.25) is 0 Å². The average Bonchev–Trinajstić information content (AvgIpc) is 2.90. The highest BCUT2D eigenvalue weighted by Crippen LogP contribution is 2.27. The van der Waals surface area contributed by atoms with Gasteiger partial charge < -0.3 is 9.47 Å². The van der Waals surface area contributed by atoms with Gasteiger partial charge in [0, 0.05) is 5.02 Å². The van der Waals surface area contributed by atoms with Gasteiger partial charge in [0.05, 0.1) is 17.7 Å². The molecule has 4 nitrogen and oxygen atoms in total. The molecule has 0 saturated heterocycles. The molecule has 2 aromatic rings. The van der Waals surface area contributed by atoms with E-state index in [1.54, 1.807) is 55.7 Å². The van der Waals surface area contributed by atoms with Gasteiger partial charge in [0.1, 0.15) is 5.75 Å². The molecule has 3 rings (SSSR count). The van der Waals surface area contributed by atoms with E-state index in [-0.39, 0.29) is 11.6 Å². The number of aliphatic imine (C=N–C) groups is 1. The predicted molar refractivity (Wildman–Crippen MR) is 90.1 cm³/mol. The maximum absolute atomic E-state index is 12.0. The maximum atomic E-state index is 12.0. The highest BCUT2D eigenvalue weighted by atomic mass is 35.5. The first-order valence-corrected chi connectivity index (χ1v) is 7.44. The van der Waals surface area contributed by atoms with E-state index in [1.165, 1.54) is 0 Å². The summed E-state index contributed by atoms with van der Waals surface area (Å²) in [6, 6.07) is 12.1. The van der Waals surface area contributed by atoms with Crippen molar-refractivity contribution in [3.63, 3.8) is 0 Å². The second-order valence-corrected chi connectivity index (χ2v) is 5.58. The van der Waals surface area contributed by atoms with Gasteiger partial charge in [0.25, 0.3) is 0 Å². The van der Waals surface area contributed by atoms with Crippen LogP contribution in [0.4, 0.5) is 0 Å². The molecule has 0 aliphatic carbocycles. The molecule has 0 saturated carbocycles. The number of nitrogens with zero attached hydrogens (tertiary/aromatic N) is 1. The molecule has 1 aliphatic rings. The highest BCUT2D eigenvalue weighted by molar-refractivity contribution is 6.34. The highest BCUT2D eigenvalue weighted by Gasteiger charge is 2.25. The van der Waals surface area contributed by atoms with Gasteiger partial charge in [-0.1, -0.05) is 35.3 Å². The molecule has 0 radical (unpaired) electrons. The Morgan fingerprint density at radius 2 is 1.87 bits per heavy atom. The Hall–Kier alpha value is -2.30. The van der Waals surface area contributed by atoms with Gasteiger partial charge in [0.2, 0.25) is 5.90 Å². The number of carbonyl (C=O) groups is 1. The minimum atomic E-state index is -0.526. The summed E-state index contributed by atoms with van der Waals surface area (Å²) in [5.41, 5.74) is 1.53. The number of benzene rings is 2. The number of methoxy groups -OCH3 is 1. The molecule has 0 fully saturated rings. The number of ether oxygens (including phenoxy) is 2. The van der Waals surface area contributed by atoms with Crippen molar-refractivity contribution in [2.45, 2.75) is 0 Å². The Morgan fingerprint density at radius 3 is 2.52 bits per heavy atom. The first-order valence-electron chi connectivity index (χ1n) is 6.69. The summed E-state index contributed by atoms with van der Waals surface area (Å²) in [6.07, 6.45) is 1.63. The van der Waals surface area contributed by atoms with Crippen molar-refractivity contribution in [3.8, 4) is 5.75 Å². The summed E-state index contributed by atoms with van der Waals surface area (Å²) in [7, 11) is 1.55. The summed E-state index contributed by atoms with van der Waals surface area (Å²) < 4.78 is 10.3. The van der Waals surface area contributed by atoms with Crippen LogP contribution in [0.25, 0.3) is 6.08 Å². The van der Waals surface area contributed by atoms with Crippen LogP contribution in [-0.2, 0) is 9.53 Å². The maximum Gasteiger partial charge on any atom is 0.363 e. The van der Waals surface area contributed by atoms with Crippen molar-refractivity contribution >= 4 is 41.1 Å². The van der Waals surface area contributed by atoms with Crippen LogP contribution in [0.15, 0.2) is 53.2 Å². The average molecular weight is 348 g/mol. The Kier molecular flexibility index (Phi) is 4.37. The molecule has 0 aromatic heterocycles. The molecule has 2 aromatic carbocycles. The summed E-state index contributed by atoms with van der Waals surface area (Å²) in [6.45, 7) is 0. The van der Waals surface area contributed by atoms with Crippen molar-refractivity contribution in [2.75, 3.05) is 7.11 Å². The fraction of sp³-hybridized carbons (Fsp3) is 0.0588. The van der Waals surface area contributed by atoms with Gasteiger partial charge >= 0.3 is 5.97 Å². The second kappa shape index (κ2) is 6.44. The zero-order valence-corrected chi connectivity index (χ0v) is 13.6. The molecule has 6 heteroatoms. The Bertz CT molecular complexity index is 826. The molecule has 1 aliphatic heterocycles. The van der Waals surface area contributed by atoms with E-state index >= 15 is 0 Å². The van der Waals surface area contributed by atoms with Crippen LogP contribution >= 0.6 is 23.2 Å². The van der Waals surface area contributed by atoms with Gasteiger partial charge in [0.15, 0.2) is 5.70 Å². The van der Waals surface area contributed by atoms with E-state index in [2.05, 4.69) is 4.99 Å². The number of carbonyl (C=O) groups excluding carboxylic acids is 1. The predicted octanol–water partition coefficient (Wildman–Crippen LogP) is 4.35. The molecule has 0 bridgehead atoms. The third kappa shape index (κ3) is 3.38. The minimum absolute atomic E-state index is 0.169. The van der Waals surface area contributed by atoms with Crippen molar-refractivity contribution in [3.05, 3.63) is 69.3 Å². The molecular formula is C17H11Cl2NO3. The lowest BCUT2D eigenvalue weighted by atomic mass is 10.2. The smallest absolute Gasteiger partial charge is 0.363 e. The van der Waals surface area contributed by atoms with Crippen LogP contribution in [-0.4, -0.2) is 19.0 Å². The van der Waals surface area contributed by atoms with Crippen molar-refractivity contribution in [2.24, 2.45) is 4.99 Å². The minimum Gasteiger partial charge on any atom is -0.497 e. The van der Waals surface area contributed by atoms with E-state index in [0.29, 0.717) is 21.4 Å². The molecular weight excluding hydrogens is 337 g/mol. The number of cyclic esters (lactones) is 1. The van der Waals surface area contributed by atoms with E-state index in [1.807, 2.05) is 0 Å². The number of rotatable bonds is 3. The van der Waals surface area contributed by atoms with Crippen LogP contribution in [0.2, 0.25) is 10.0 Å². The quantitative estimate of drug-likeness (QED) is 0.612. The SMILES string of the molecule is COc1ccc(C2=N/C(=C\c3ccc(Cl)cc3)C(=O)O2)c(Cl)c1. The third-order valence-corrected chi connectivity index (χ3v) is 3.77. The summed E-state index contributed by atoms with van der Waals surface area (Å²) in [4.78, 5) is 16.2. The first kappa shape index (κ1) is 15.6. The monoisotopic (exact) mass is 347 g/mol. The standard InChI is InChI=1S/C17H11Cl2NO3/c1-22-12-6-7-13(14(19)9-12)16-20-15(17(21)23-16)8-10-2-4-11(18)5-3-10/h2-9H,1H3/b15-8-. The molecule has 0 atom stereocenters. The molecule has 0 N–H and O–H groups in total. The van der Waals surface area contributed by atoms with Crippen LogP contribution < -0.4 is 4.74 Å². The first-order chi connectivity index (χ1) is 11.1. The number of halogens is 2. The van der Waals surface area contributed by atoms with Gasteiger partial charge in [-0.25, -0.2) is 9.79 Å². The number of esters is 1. The Labute approximate surface area is 143 Å². The summed E-state index contributed by atoms with van der Waals surface area (Å²) in [5.74, 6) is 0.255. The lowest BCUT2D eigenvalue weighted by Gasteiger charge is -2.05. The van der Waals surface area contributed by atoms with Gasteiger partial charge in [-0.2, -0.15) is 0 Å². The fourth-order valence-electron chi connectivity index (χ4n) is 2.04. The van der Waals surface area contributed by atoms with Crippen molar-refractivity contribution in [1.82, 2.24) is 0 Å². The lowest BCUT2D eigenvalue weighted by Crippen LogP contribution is -2.06. The fourth-order valence-corrected chi connectivity index (χ4v) is 2.41. The third-order valence-electron chi connectivity index (χ3n) is 3.20.